The van der Waals surface area contributed by atoms with Crippen LogP contribution in [0, 0.1) is 0 Å². The number of ether oxygens (including phenoxy) is 1. The van der Waals surface area contributed by atoms with E-state index < -0.39 is 6.61 Å². The first-order valence-corrected chi connectivity index (χ1v) is 8.14. The summed E-state index contributed by atoms with van der Waals surface area (Å²) in [5.41, 5.74) is 4.18. The number of hydrogen-bond acceptors (Lipinski definition) is 5. The van der Waals surface area contributed by atoms with E-state index in [1.807, 2.05) is 12.1 Å². The number of aromatic nitrogens is 2. The Labute approximate surface area is 145 Å². The molecule has 25 heavy (non-hydrogen) atoms. The van der Waals surface area contributed by atoms with Gasteiger partial charge in [0.05, 0.1) is 17.6 Å². The number of carbonyl (C=O) groups is 1. The molecule has 0 spiro atoms. The van der Waals surface area contributed by atoms with E-state index in [2.05, 4.69) is 27.4 Å². The molecule has 6 nitrogen and oxygen atoms in total. The van der Waals surface area contributed by atoms with Gasteiger partial charge in [0.2, 0.25) is 0 Å². The summed E-state index contributed by atoms with van der Waals surface area (Å²) in [6, 6.07) is 13.3. The maximum Gasteiger partial charge on any atom is 0.188 e. The minimum Gasteiger partial charge on any atom is -0.388 e. The number of rotatable bonds is 8. The van der Waals surface area contributed by atoms with Crippen LogP contribution in [-0.4, -0.2) is 47.7 Å². The Morgan fingerprint density at radius 1 is 1.28 bits per heavy atom. The Bertz CT molecular complexity index is 873. The van der Waals surface area contributed by atoms with Crippen molar-refractivity contribution in [1.82, 2.24) is 15.3 Å². The number of Topliss-reactive ketones (excluding diaryl/α,β-unsaturated/α-hetero) is 1. The molecular weight excluding hydrogens is 318 g/mol. The van der Waals surface area contributed by atoms with E-state index in [0.29, 0.717) is 12.2 Å². The molecule has 0 saturated carbocycles. The van der Waals surface area contributed by atoms with Crippen molar-refractivity contribution in [3.8, 4) is 11.4 Å². The monoisotopic (exact) mass is 339 g/mol. The Morgan fingerprint density at radius 3 is 2.96 bits per heavy atom. The van der Waals surface area contributed by atoms with Crippen molar-refractivity contribution in [1.29, 1.82) is 0 Å². The SMILES string of the molecule is COCCNCc1cccc(-c2nc3ccc(C(=O)CO)cc3[nH]2)c1. The van der Waals surface area contributed by atoms with Crippen molar-refractivity contribution in [3.05, 3.63) is 53.6 Å². The number of nitrogens with zero attached hydrogens (tertiary/aromatic N) is 1. The topological polar surface area (TPSA) is 87.2 Å². The predicted molar refractivity (Wildman–Crippen MR) is 96.5 cm³/mol. The van der Waals surface area contributed by atoms with Crippen LogP contribution in [0.1, 0.15) is 15.9 Å². The van der Waals surface area contributed by atoms with Crippen molar-refractivity contribution >= 4 is 16.8 Å². The summed E-state index contributed by atoms with van der Waals surface area (Å²) >= 11 is 0. The van der Waals surface area contributed by atoms with E-state index in [0.717, 1.165) is 41.1 Å². The maximum absolute atomic E-state index is 11.6. The number of hydrogen-bond donors (Lipinski definition) is 3. The van der Waals surface area contributed by atoms with Gasteiger partial charge in [-0.05, 0) is 29.8 Å². The molecule has 0 atom stereocenters. The smallest absolute Gasteiger partial charge is 0.188 e. The fourth-order valence-electron chi connectivity index (χ4n) is 2.65. The number of aliphatic hydroxyl groups is 1. The van der Waals surface area contributed by atoms with E-state index in [1.165, 1.54) is 0 Å². The van der Waals surface area contributed by atoms with Gasteiger partial charge in [-0.3, -0.25) is 4.79 Å². The zero-order valence-corrected chi connectivity index (χ0v) is 14.1. The zero-order chi connectivity index (χ0) is 17.6. The quantitative estimate of drug-likeness (QED) is 0.432. The second kappa shape index (κ2) is 8.02. The van der Waals surface area contributed by atoms with E-state index in [-0.39, 0.29) is 5.78 Å². The van der Waals surface area contributed by atoms with Crippen LogP contribution in [0.3, 0.4) is 0 Å². The first kappa shape index (κ1) is 17.3. The second-order valence-electron chi connectivity index (χ2n) is 5.77. The molecule has 130 valence electrons. The Hall–Kier alpha value is -2.54. The first-order valence-electron chi connectivity index (χ1n) is 8.14. The molecule has 1 heterocycles. The third kappa shape index (κ3) is 4.11. The normalized spacial score (nSPS) is 11.1. The molecule has 0 fully saturated rings. The van der Waals surface area contributed by atoms with Crippen LogP contribution in [-0.2, 0) is 11.3 Å². The minimum atomic E-state index is -0.495. The number of H-pyrrole nitrogens is 1. The number of fused-ring (bicyclic) bond motifs is 1. The largest absolute Gasteiger partial charge is 0.388 e. The van der Waals surface area contributed by atoms with Gasteiger partial charge >= 0.3 is 0 Å². The summed E-state index contributed by atoms with van der Waals surface area (Å²) in [6.45, 7) is 1.74. The van der Waals surface area contributed by atoms with Gasteiger partial charge in [-0.1, -0.05) is 18.2 Å². The summed E-state index contributed by atoms with van der Waals surface area (Å²) in [5, 5.41) is 12.3. The molecule has 0 aliphatic heterocycles. The highest BCUT2D eigenvalue weighted by Gasteiger charge is 2.09. The number of carbonyl (C=O) groups excluding carboxylic acids is 1. The second-order valence-corrected chi connectivity index (χ2v) is 5.77. The average molecular weight is 339 g/mol. The minimum absolute atomic E-state index is 0.304. The number of nitrogens with one attached hydrogen (secondary N) is 2. The van der Waals surface area contributed by atoms with Crippen molar-refractivity contribution < 1.29 is 14.6 Å². The molecule has 3 N–H and O–H groups in total. The lowest BCUT2D eigenvalue weighted by molar-refractivity contribution is 0.0904. The number of methoxy groups -OCH3 is 1. The molecule has 0 amide bonds. The van der Waals surface area contributed by atoms with Crippen molar-refractivity contribution in [2.45, 2.75) is 6.54 Å². The van der Waals surface area contributed by atoms with E-state index >= 15 is 0 Å². The summed E-state index contributed by atoms with van der Waals surface area (Å²) in [4.78, 5) is 19.5. The molecular formula is C19H21N3O3. The molecule has 0 saturated heterocycles. The van der Waals surface area contributed by atoms with Crippen molar-refractivity contribution in [2.75, 3.05) is 26.9 Å². The molecule has 3 rings (SSSR count). The lowest BCUT2D eigenvalue weighted by Gasteiger charge is -2.05. The molecule has 6 heteroatoms. The molecule has 2 aromatic carbocycles. The molecule has 0 unspecified atom stereocenters. The fraction of sp³-hybridized carbons (Fsp3) is 0.263. The van der Waals surface area contributed by atoms with Crippen LogP contribution >= 0.6 is 0 Å². The molecule has 0 aliphatic carbocycles. The molecule has 0 aliphatic rings. The van der Waals surface area contributed by atoms with Crippen LogP contribution in [0.2, 0.25) is 0 Å². The lowest BCUT2D eigenvalue weighted by Crippen LogP contribution is -2.18. The maximum atomic E-state index is 11.6. The van der Waals surface area contributed by atoms with Gasteiger partial charge in [0.1, 0.15) is 12.4 Å². The highest BCUT2D eigenvalue weighted by molar-refractivity contribution is 5.99. The van der Waals surface area contributed by atoms with Crippen LogP contribution in [0.5, 0.6) is 0 Å². The summed E-state index contributed by atoms with van der Waals surface area (Å²) in [6.07, 6.45) is 0. The molecule has 3 aromatic rings. The highest BCUT2D eigenvalue weighted by atomic mass is 16.5. The summed E-state index contributed by atoms with van der Waals surface area (Å²) in [7, 11) is 1.68. The summed E-state index contributed by atoms with van der Waals surface area (Å²) in [5.74, 6) is 0.449. The third-order valence-corrected chi connectivity index (χ3v) is 3.96. The van der Waals surface area contributed by atoms with Gasteiger partial charge < -0.3 is 20.1 Å². The van der Waals surface area contributed by atoms with Crippen LogP contribution in [0.25, 0.3) is 22.4 Å². The summed E-state index contributed by atoms with van der Waals surface area (Å²) < 4.78 is 5.02. The van der Waals surface area contributed by atoms with Crippen molar-refractivity contribution in [3.63, 3.8) is 0 Å². The average Bonchev–Trinajstić information content (AvgIpc) is 3.08. The number of aromatic amines is 1. The first-order chi connectivity index (χ1) is 12.2. The molecule has 0 radical (unpaired) electrons. The van der Waals surface area contributed by atoms with Crippen LogP contribution in [0.4, 0.5) is 0 Å². The van der Waals surface area contributed by atoms with E-state index in [4.69, 9.17) is 9.84 Å². The number of benzene rings is 2. The van der Waals surface area contributed by atoms with Crippen molar-refractivity contribution in [2.24, 2.45) is 0 Å². The van der Waals surface area contributed by atoms with E-state index in [1.54, 1.807) is 25.3 Å². The molecule has 0 bridgehead atoms. The Kier molecular flexibility index (Phi) is 5.55. The molecule has 1 aromatic heterocycles. The number of imidazole rings is 1. The van der Waals surface area contributed by atoms with E-state index in [9.17, 15) is 4.79 Å². The van der Waals surface area contributed by atoms with Gasteiger partial charge in [-0.2, -0.15) is 0 Å². The van der Waals surface area contributed by atoms with Gasteiger partial charge in [0.25, 0.3) is 0 Å². The van der Waals surface area contributed by atoms with Gasteiger partial charge in [-0.15, -0.1) is 0 Å². The van der Waals surface area contributed by atoms with Crippen LogP contribution in [0.15, 0.2) is 42.5 Å². The fourth-order valence-corrected chi connectivity index (χ4v) is 2.65. The zero-order valence-electron chi connectivity index (χ0n) is 14.1. The van der Waals surface area contributed by atoms with Gasteiger partial charge in [-0.25, -0.2) is 4.98 Å². The Morgan fingerprint density at radius 2 is 2.16 bits per heavy atom. The Balaban J connectivity index is 1.82. The third-order valence-electron chi connectivity index (χ3n) is 3.96. The predicted octanol–water partition coefficient (Wildman–Crippen LogP) is 2.14. The lowest BCUT2D eigenvalue weighted by atomic mass is 10.1. The standard InChI is InChI=1S/C19H21N3O3/c1-25-8-7-20-11-13-3-2-4-15(9-13)19-21-16-6-5-14(18(24)12-23)10-17(16)22-19/h2-6,9-10,20,23H,7-8,11-12H2,1H3,(H,21,22). The van der Waals surface area contributed by atoms with Gasteiger partial charge in [0.15, 0.2) is 5.78 Å². The highest BCUT2D eigenvalue weighted by Crippen LogP contribution is 2.22. The van der Waals surface area contributed by atoms with Crippen LogP contribution < -0.4 is 5.32 Å². The number of ketones is 1. The van der Waals surface area contributed by atoms with Gasteiger partial charge in [0, 0.05) is 31.3 Å². The number of aliphatic hydroxyl groups excluding tert-OH is 1.